The quantitative estimate of drug-likeness (QED) is 0.622. The Morgan fingerprint density at radius 3 is 2.74 bits per heavy atom. The van der Waals surface area contributed by atoms with Gasteiger partial charge in [-0.1, -0.05) is 0 Å². The second kappa shape index (κ2) is 9.48. The molecule has 2 heterocycles. The summed E-state index contributed by atoms with van der Waals surface area (Å²) < 4.78 is 22.6. The zero-order chi connectivity index (χ0) is 25.5. The average molecular weight is 476 g/mol. The van der Waals surface area contributed by atoms with Crippen LogP contribution < -0.4 is 5.32 Å². The first-order chi connectivity index (χ1) is 16.5. The molecule has 1 aliphatic heterocycles. The molecular formula is C26H32BFN5O2. The first kappa shape index (κ1) is 25.0. The van der Waals surface area contributed by atoms with Gasteiger partial charge in [-0.05, 0) is 6.92 Å². The molecule has 4 atom stereocenters. The van der Waals surface area contributed by atoms with Crippen molar-refractivity contribution in [3.05, 3.63) is 41.5 Å². The van der Waals surface area contributed by atoms with Gasteiger partial charge in [0.2, 0.25) is 0 Å². The van der Waals surface area contributed by atoms with Crippen LogP contribution in [0.15, 0.2) is 24.4 Å². The Kier molecular flexibility index (Phi) is 6.76. The Morgan fingerprint density at radius 2 is 2.14 bits per heavy atom. The summed E-state index contributed by atoms with van der Waals surface area (Å²) in [7, 11) is 8.12. The van der Waals surface area contributed by atoms with Crippen LogP contribution in [0.2, 0.25) is 0 Å². The van der Waals surface area contributed by atoms with E-state index in [1.807, 2.05) is 45.7 Å². The molecule has 2 fully saturated rings. The summed E-state index contributed by atoms with van der Waals surface area (Å²) in [6.45, 7) is 7.64. The second-order valence-corrected chi connectivity index (χ2v) is 10.6. The van der Waals surface area contributed by atoms with Gasteiger partial charge in [-0.3, -0.25) is 4.68 Å². The number of halogens is 1. The van der Waals surface area contributed by atoms with E-state index in [-0.39, 0.29) is 30.1 Å². The number of ether oxygens (including phenoxy) is 1. The number of hydrogen-bond acceptors (Lipinski definition) is 5. The number of amides is 1. The zero-order valence-electron chi connectivity index (χ0n) is 21.0. The van der Waals surface area contributed by atoms with Gasteiger partial charge in [0.1, 0.15) is 0 Å². The number of carbonyl (C=O) groups is 1. The number of nitrogens with zero attached hydrogens (tertiary/aromatic N) is 4. The van der Waals surface area contributed by atoms with E-state index < -0.39 is 23.5 Å². The van der Waals surface area contributed by atoms with E-state index in [1.165, 1.54) is 6.07 Å². The maximum atomic E-state index is 15.0. The Hall–Kier alpha value is -3.15. The number of benzene rings is 1. The van der Waals surface area contributed by atoms with Crippen molar-refractivity contribution in [3.63, 3.8) is 0 Å². The SMILES string of the molecule is [B]=C(OC(C)(C)C)N1[C@@H]2CCC(C2)[C@H]1C(=O)NC(C#N)Cc1ccc(-c2cnn(C)c2C)cc1F. The van der Waals surface area contributed by atoms with Crippen molar-refractivity contribution in [1.29, 1.82) is 5.26 Å². The second-order valence-electron chi connectivity index (χ2n) is 10.6. The minimum atomic E-state index is -0.867. The predicted molar refractivity (Wildman–Crippen MR) is 133 cm³/mol. The first-order valence-corrected chi connectivity index (χ1v) is 12.1. The molecule has 2 aromatic rings. The molecule has 1 aromatic heterocycles. The van der Waals surface area contributed by atoms with E-state index in [0.717, 1.165) is 36.1 Å². The van der Waals surface area contributed by atoms with Crippen molar-refractivity contribution in [2.24, 2.45) is 13.0 Å². The van der Waals surface area contributed by atoms with E-state index in [0.29, 0.717) is 5.56 Å². The van der Waals surface area contributed by atoms with Gasteiger partial charge in [-0.25, -0.2) is 0 Å². The van der Waals surface area contributed by atoms with Gasteiger partial charge in [0.05, 0.1) is 6.20 Å². The molecule has 1 saturated carbocycles. The molecule has 1 aliphatic carbocycles. The van der Waals surface area contributed by atoms with Crippen LogP contribution in [0.4, 0.5) is 4.39 Å². The van der Waals surface area contributed by atoms with Crippen molar-refractivity contribution < 1.29 is 13.9 Å². The van der Waals surface area contributed by atoms with Gasteiger partial charge >= 0.3 is 171 Å². The predicted octanol–water partition coefficient (Wildman–Crippen LogP) is 3.01. The topological polar surface area (TPSA) is 83.2 Å². The number of nitrogens with one attached hydrogen (secondary N) is 1. The molecule has 1 saturated heterocycles. The number of hydrogen-bond donors (Lipinski definition) is 1. The van der Waals surface area contributed by atoms with Crippen LogP contribution in [0.1, 0.15) is 51.3 Å². The van der Waals surface area contributed by atoms with Gasteiger partial charge in [0.25, 0.3) is 0 Å². The number of aryl methyl sites for hydroxylation is 1. The Bertz CT molecular complexity index is 1180. The van der Waals surface area contributed by atoms with Gasteiger partial charge in [0.15, 0.2) is 0 Å². The first-order valence-electron chi connectivity index (χ1n) is 12.1. The molecule has 2 unspecified atom stereocenters. The van der Waals surface area contributed by atoms with Gasteiger partial charge in [-0.15, -0.1) is 0 Å². The number of rotatable bonds is 7. The van der Waals surface area contributed by atoms with Crippen molar-refractivity contribution in [1.82, 2.24) is 20.0 Å². The molecule has 2 bridgehead atoms. The molecular weight excluding hydrogens is 444 g/mol. The number of nitriles is 1. The normalized spacial score (nSPS) is 22.1. The minimum absolute atomic E-state index is 0.0683. The number of likely N-dealkylation sites (tertiary alicyclic amines) is 1. The summed E-state index contributed by atoms with van der Waals surface area (Å²) in [5, 5.41) is 16.8. The van der Waals surface area contributed by atoms with Crippen LogP contribution in [-0.2, 0) is 23.0 Å². The van der Waals surface area contributed by atoms with E-state index in [2.05, 4.69) is 16.5 Å². The summed E-state index contributed by atoms with van der Waals surface area (Å²) in [6, 6.07) is 5.84. The summed E-state index contributed by atoms with van der Waals surface area (Å²) in [5.74, 6) is -0.295. The van der Waals surface area contributed by atoms with Crippen molar-refractivity contribution >= 4 is 19.2 Å². The molecule has 1 N–H and O–H groups in total. The maximum absolute atomic E-state index is 15.0. The Morgan fingerprint density at radius 1 is 1.40 bits per heavy atom. The molecule has 2 aliphatic rings. The fourth-order valence-corrected chi connectivity index (χ4v) is 5.28. The monoisotopic (exact) mass is 476 g/mol. The summed E-state index contributed by atoms with van der Waals surface area (Å²) in [5.41, 5.74) is 2.39. The molecule has 183 valence electrons. The molecule has 1 amide bonds. The van der Waals surface area contributed by atoms with E-state index >= 15 is 0 Å². The van der Waals surface area contributed by atoms with Crippen molar-refractivity contribution in [3.8, 4) is 17.2 Å². The molecule has 35 heavy (non-hydrogen) atoms. The van der Waals surface area contributed by atoms with Gasteiger partial charge < -0.3 is 0 Å². The molecule has 0 spiro atoms. The number of carbonyl (C=O) groups excluding carboxylic acids is 1. The van der Waals surface area contributed by atoms with Gasteiger partial charge in [-0.2, -0.15) is 5.10 Å². The van der Waals surface area contributed by atoms with Crippen LogP contribution >= 0.6 is 0 Å². The standard InChI is InChI=1S/C26H32BFN5O2/c1-15-21(14-30-32(15)5)16-6-7-17(22(28)12-16)10-19(13-29)31-24(34)23-18-8-9-20(11-18)33(23)25(27)35-26(2,3)4/h6-7,12,14,18-20,23H,8-11H2,1-5H3,(H,31,34)/t18?,19?,20-,23+/m1/s1. The molecule has 1 radical (unpaired) electrons. The molecule has 9 heteroatoms. The van der Waals surface area contributed by atoms with Crippen LogP contribution in [0.5, 0.6) is 0 Å². The summed E-state index contributed by atoms with van der Waals surface area (Å²) in [4.78, 5) is 15.2. The van der Waals surface area contributed by atoms with Crippen LogP contribution in [0.25, 0.3) is 11.1 Å². The third-order valence-corrected chi connectivity index (χ3v) is 7.01. The number of aromatic nitrogens is 2. The molecule has 7 nitrogen and oxygen atoms in total. The van der Waals surface area contributed by atoms with E-state index in [1.54, 1.807) is 16.9 Å². The fraction of sp³-hybridized carbons (Fsp3) is 0.538. The van der Waals surface area contributed by atoms with Gasteiger partial charge in [0, 0.05) is 12.7 Å². The number of fused-ring (bicyclic) bond motifs is 2. The third kappa shape index (κ3) is 5.12. The average Bonchev–Trinajstić information content (AvgIpc) is 3.48. The summed E-state index contributed by atoms with van der Waals surface area (Å²) in [6.07, 6.45) is 4.53. The van der Waals surface area contributed by atoms with Crippen LogP contribution in [-0.4, -0.2) is 57.6 Å². The fourth-order valence-electron chi connectivity index (χ4n) is 5.28. The van der Waals surface area contributed by atoms with E-state index in [9.17, 15) is 14.4 Å². The zero-order valence-corrected chi connectivity index (χ0v) is 21.0. The number of piperidine rings is 1. The van der Waals surface area contributed by atoms with Crippen LogP contribution in [0, 0.1) is 30.0 Å². The van der Waals surface area contributed by atoms with Crippen LogP contribution in [0.3, 0.4) is 0 Å². The third-order valence-electron chi connectivity index (χ3n) is 7.01. The Labute approximate surface area is 207 Å². The molecule has 4 rings (SSSR count). The molecule has 1 aromatic carbocycles. The van der Waals surface area contributed by atoms with E-state index in [4.69, 9.17) is 12.2 Å². The van der Waals surface area contributed by atoms with Crippen molar-refractivity contribution in [2.75, 3.05) is 0 Å². The van der Waals surface area contributed by atoms with Crippen molar-refractivity contribution in [2.45, 2.75) is 77.1 Å². The Balaban J connectivity index is 1.46. The summed E-state index contributed by atoms with van der Waals surface area (Å²) >= 11 is 0.